The summed E-state index contributed by atoms with van der Waals surface area (Å²) in [6, 6.07) is 16.7. The first-order valence-electron chi connectivity index (χ1n) is 8.72. The Morgan fingerprint density at radius 1 is 0.767 bits per heavy atom. The molecule has 0 unspecified atom stereocenters. The van der Waals surface area contributed by atoms with Crippen molar-refractivity contribution < 1.29 is 23.4 Å². The monoisotopic (exact) mass is 442 g/mol. The molecule has 0 aromatic heterocycles. The zero-order valence-electron chi connectivity index (χ0n) is 15.3. The van der Waals surface area contributed by atoms with Crippen molar-refractivity contribution in [2.24, 2.45) is 0 Å². The zero-order chi connectivity index (χ0) is 21.5. The maximum absolute atomic E-state index is 12.4. The molecule has 9 heteroatoms. The van der Waals surface area contributed by atoms with E-state index < -0.39 is 15.1 Å². The van der Waals surface area contributed by atoms with Gasteiger partial charge in [-0.3, -0.25) is 0 Å². The van der Waals surface area contributed by atoms with Crippen LogP contribution in [0.2, 0.25) is 0 Å². The number of rotatable bonds is 3. The van der Waals surface area contributed by atoms with E-state index in [9.17, 15) is 23.4 Å². The Labute approximate surface area is 175 Å². The van der Waals surface area contributed by atoms with Gasteiger partial charge < -0.3 is 20.8 Å². The molecule has 0 radical (unpaired) electrons. The van der Waals surface area contributed by atoms with Crippen molar-refractivity contribution in [2.45, 2.75) is 4.90 Å². The van der Waals surface area contributed by atoms with Crippen LogP contribution in [-0.2, 0) is 9.05 Å². The molecule has 4 rings (SSSR count). The van der Waals surface area contributed by atoms with Gasteiger partial charge in [-0.15, -0.1) is 0 Å². The molecule has 4 N–H and O–H groups in total. The summed E-state index contributed by atoms with van der Waals surface area (Å²) in [5, 5.41) is 27.5. The second-order valence-corrected chi connectivity index (χ2v) is 9.17. The van der Waals surface area contributed by atoms with Crippen LogP contribution in [0.15, 0.2) is 71.6 Å². The highest BCUT2D eigenvalue weighted by Crippen LogP contribution is 2.32. The highest BCUT2D eigenvalue weighted by molar-refractivity contribution is 8.13. The maximum atomic E-state index is 12.4. The lowest BCUT2D eigenvalue weighted by Crippen LogP contribution is -2.19. The Kier molecular flexibility index (Phi) is 4.89. The highest BCUT2D eigenvalue weighted by atomic mass is 35.7. The predicted molar refractivity (Wildman–Crippen MR) is 117 cm³/mol. The van der Waals surface area contributed by atoms with Crippen molar-refractivity contribution in [1.82, 2.24) is 0 Å². The third kappa shape index (κ3) is 3.96. The number of carbonyl (C=O) groups excluding carboxylic acids is 1. The van der Waals surface area contributed by atoms with Gasteiger partial charge in [0, 0.05) is 38.9 Å². The third-order valence-electron chi connectivity index (χ3n) is 4.56. The van der Waals surface area contributed by atoms with Crippen molar-refractivity contribution in [3.63, 3.8) is 0 Å². The number of hydrogen-bond donors (Lipinski definition) is 4. The number of carbonyl (C=O) groups is 1. The summed E-state index contributed by atoms with van der Waals surface area (Å²) in [4.78, 5) is 12.1. The molecule has 0 saturated carbocycles. The summed E-state index contributed by atoms with van der Waals surface area (Å²) in [5.41, 5.74) is 0.918. The highest BCUT2D eigenvalue weighted by Gasteiger charge is 2.14. The molecule has 0 spiro atoms. The topological polar surface area (TPSA) is 116 Å². The van der Waals surface area contributed by atoms with Gasteiger partial charge >= 0.3 is 6.03 Å². The number of urea groups is 1. The summed E-state index contributed by atoms with van der Waals surface area (Å²) in [7, 11) is 1.34. The molecular weight excluding hydrogens is 428 g/mol. The first-order chi connectivity index (χ1) is 14.2. The summed E-state index contributed by atoms with van der Waals surface area (Å²) >= 11 is 0. The van der Waals surface area contributed by atoms with Gasteiger partial charge in [0.15, 0.2) is 0 Å². The van der Waals surface area contributed by atoms with E-state index in [4.69, 9.17) is 10.7 Å². The van der Waals surface area contributed by atoms with Gasteiger partial charge in [0.2, 0.25) is 0 Å². The second-order valence-electron chi connectivity index (χ2n) is 6.61. The summed E-state index contributed by atoms with van der Waals surface area (Å²) < 4.78 is 23.1. The van der Waals surface area contributed by atoms with Crippen LogP contribution >= 0.6 is 10.7 Å². The first-order valence-corrected chi connectivity index (χ1v) is 11.0. The van der Waals surface area contributed by atoms with Crippen molar-refractivity contribution in [1.29, 1.82) is 0 Å². The van der Waals surface area contributed by atoms with Crippen LogP contribution in [0.3, 0.4) is 0 Å². The van der Waals surface area contributed by atoms with E-state index in [1.54, 1.807) is 42.5 Å². The smallest absolute Gasteiger partial charge is 0.323 e. The largest absolute Gasteiger partial charge is 0.507 e. The molecular formula is C21H15ClN2O5S. The molecule has 7 nitrogen and oxygen atoms in total. The van der Waals surface area contributed by atoms with E-state index in [-0.39, 0.29) is 16.4 Å². The van der Waals surface area contributed by atoms with Crippen molar-refractivity contribution in [2.75, 3.05) is 10.6 Å². The van der Waals surface area contributed by atoms with Crippen molar-refractivity contribution in [3.8, 4) is 11.5 Å². The number of aromatic hydroxyl groups is 2. The van der Waals surface area contributed by atoms with Crippen LogP contribution in [0.25, 0.3) is 21.5 Å². The molecule has 4 aromatic rings. The Morgan fingerprint density at radius 2 is 1.37 bits per heavy atom. The summed E-state index contributed by atoms with van der Waals surface area (Å²) in [6.07, 6.45) is 0. The Hall–Kier alpha value is -3.49. The van der Waals surface area contributed by atoms with Crippen LogP contribution in [0.4, 0.5) is 16.2 Å². The molecule has 0 heterocycles. The van der Waals surface area contributed by atoms with E-state index in [1.807, 2.05) is 6.07 Å². The molecule has 0 aliphatic rings. The van der Waals surface area contributed by atoms with Crippen LogP contribution in [0, 0.1) is 0 Å². The van der Waals surface area contributed by atoms with E-state index in [1.165, 1.54) is 12.1 Å². The number of phenolic OH excluding ortho intramolecular Hbond substituents is 2. The quantitative estimate of drug-likeness (QED) is 0.334. The molecule has 0 atom stereocenters. The Balaban J connectivity index is 1.58. The normalized spacial score (nSPS) is 11.5. The lowest BCUT2D eigenvalue weighted by Gasteiger charge is -2.10. The van der Waals surface area contributed by atoms with Crippen LogP contribution in [-0.4, -0.2) is 24.7 Å². The van der Waals surface area contributed by atoms with E-state index in [0.717, 1.165) is 11.5 Å². The molecule has 0 aliphatic carbocycles. The number of amides is 2. The fraction of sp³-hybridized carbons (Fsp3) is 0. The van der Waals surface area contributed by atoms with E-state index in [2.05, 4.69) is 10.6 Å². The first kappa shape index (κ1) is 19.8. The average Bonchev–Trinajstić information content (AvgIpc) is 2.67. The van der Waals surface area contributed by atoms with Gasteiger partial charge in [-0.05, 0) is 59.3 Å². The summed E-state index contributed by atoms with van der Waals surface area (Å²) in [6.45, 7) is 0. The molecule has 0 saturated heterocycles. The van der Waals surface area contributed by atoms with Crippen molar-refractivity contribution >= 4 is 58.7 Å². The van der Waals surface area contributed by atoms with Gasteiger partial charge in [0.1, 0.15) is 11.5 Å². The van der Waals surface area contributed by atoms with Gasteiger partial charge in [-0.1, -0.05) is 12.1 Å². The van der Waals surface area contributed by atoms with E-state index in [0.29, 0.717) is 27.5 Å². The minimum Gasteiger partial charge on any atom is -0.507 e. The third-order valence-corrected chi connectivity index (χ3v) is 5.89. The zero-order valence-corrected chi connectivity index (χ0v) is 16.8. The number of benzene rings is 4. The predicted octanol–water partition coefficient (Wildman–Crippen LogP) is 4.98. The van der Waals surface area contributed by atoms with Crippen molar-refractivity contribution in [3.05, 3.63) is 66.7 Å². The minimum atomic E-state index is -4.02. The fourth-order valence-corrected chi connectivity index (χ4v) is 3.97. The Morgan fingerprint density at radius 3 is 2.00 bits per heavy atom. The van der Waals surface area contributed by atoms with Gasteiger partial charge in [0.05, 0.1) is 4.90 Å². The van der Waals surface area contributed by atoms with Crippen LogP contribution in [0.5, 0.6) is 11.5 Å². The average molecular weight is 443 g/mol. The fourth-order valence-electron chi connectivity index (χ4n) is 3.18. The minimum absolute atomic E-state index is 0.154. The maximum Gasteiger partial charge on any atom is 0.323 e. The second kappa shape index (κ2) is 7.40. The standard InChI is InChI=1S/C21H15ClN2O5S/c22-30(28,29)16-10-13-9-15(5-7-18(13)20(26)11-16)24-21(27)23-14-4-6-17-12(8-14)2-1-3-19(17)25/h1-11,25-26H,(H2,23,24,27). The molecule has 4 aromatic carbocycles. The molecule has 152 valence electrons. The molecule has 30 heavy (non-hydrogen) atoms. The summed E-state index contributed by atoms with van der Waals surface area (Å²) in [5.74, 6) is -0.0802. The number of fused-ring (bicyclic) bond motifs is 2. The number of nitrogens with one attached hydrogen (secondary N) is 2. The van der Waals surface area contributed by atoms with Crippen LogP contribution in [0.1, 0.15) is 0 Å². The lowest BCUT2D eigenvalue weighted by molar-refractivity contribution is 0.262. The molecule has 2 amide bonds. The Bertz CT molecular complexity index is 1420. The van der Waals surface area contributed by atoms with Gasteiger partial charge in [-0.25, -0.2) is 13.2 Å². The number of anilines is 2. The van der Waals surface area contributed by atoms with Gasteiger partial charge in [-0.2, -0.15) is 0 Å². The van der Waals surface area contributed by atoms with E-state index >= 15 is 0 Å². The van der Waals surface area contributed by atoms with Crippen LogP contribution < -0.4 is 10.6 Å². The molecule has 0 bridgehead atoms. The molecule has 0 aliphatic heterocycles. The number of halogens is 1. The SMILES string of the molecule is O=C(Nc1ccc2c(O)cccc2c1)Nc1ccc2c(O)cc(S(=O)(=O)Cl)cc2c1. The van der Waals surface area contributed by atoms with Gasteiger partial charge in [0.25, 0.3) is 9.05 Å². The lowest BCUT2D eigenvalue weighted by atomic mass is 10.1. The number of phenols is 2. The number of hydrogen-bond acceptors (Lipinski definition) is 5. The molecule has 0 fully saturated rings.